The molecular formula is C29H33N5O2. The number of pyridine rings is 2. The van der Waals surface area contributed by atoms with E-state index >= 15 is 0 Å². The summed E-state index contributed by atoms with van der Waals surface area (Å²) < 4.78 is 0. The molecule has 0 spiro atoms. The summed E-state index contributed by atoms with van der Waals surface area (Å²) in [5.41, 5.74) is 4.45. The fourth-order valence-corrected chi connectivity index (χ4v) is 5.65. The molecule has 0 radical (unpaired) electrons. The molecule has 2 bridgehead atoms. The number of anilines is 1. The normalized spacial score (nSPS) is 20.5. The fourth-order valence-electron chi connectivity index (χ4n) is 5.65. The van der Waals surface area contributed by atoms with Gasteiger partial charge in [-0.05, 0) is 61.6 Å². The second kappa shape index (κ2) is 10.6. The van der Waals surface area contributed by atoms with E-state index in [1.807, 2.05) is 59.3 Å². The van der Waals surface area contributed by atoms with Gasteiger partial charge in [0.05, 0.1) is 5.69 Å². The SMILES string of the molecule is CC(=O)N1CC[C@@H]2CC[C@H](CN(C(=O)c3ccncc3C)Cc3ccccc31)N2Cc1ccccn1. The Balaban J connectivity index is 1.55. The largest absolute Gasteiger partial charge is 0.333 e. The summed E-state index contributed by atoms with van der Waals surface area (Å²) in [6, 6.07) is 16.3. The topological polar surface area (TPSA) is 69.6 Å². The number of rotatable bonds is 3. The molecule has 1 saturated heterocycles. The van der Waals surface area contributed by atoms with Gasteiger partial charge in [-0.15, -0.1) is 0 Å². The molecule has 1 fully saturated rings. The number of hydrogen-bond donors (Lipinski definition) is 0. The maximum Gasteiger partial charge on any atom is 0.254 e. The summed E-state index contributed by atoms with van der Waals surface area (Å²) in [6.07, 6.45) is 8.19. The Labute approximate surface area is 212 Å². The van der Waals surface area contributed by atoms with Crippen LogP contribution in [0.3, 0.4) is 0 Å². The van der Waals surface area contributed by atoms with Crippen LogP contribution in [-0.2, 0) is 17.9 Å². The first kappa shape index (κ1) is 24.1. The highest BCUT2D eigenvalue weighted by Gasteiger charge is 2.37. The number of aromatic nitrogens is 2. The van der Waals surface area contributed by atoms with Crippen LogP contribution in [0.25, 0.3) is 0 Å². The van der Waals surface area contributed by atoms with E-state index in [1.165, 1.54) is 0 Å². The molecule has 2 aromatic heterocycles. The minimum absolute atomic E-state index is 0.000406. The number of hydrogen-bond acceptors (Lipinski definition) is 5. The number of benzene rings is 1. The zero-order chi connectivity index (χ0) is 25.1. The lowest BCUT2D eigenvalue weighted by Gasteiger charge is -2.33. The number of nitrogens with zero attached hydrogens (tertiary/aromatic N) is 5. The molecule has 5 rings (SSSR count). The van der Waals surface area contributed by atoms with Gasteiger partial charge in [-0.1, -0.05) is 24.3 Å². The third kappa shape index (κ3) is 5.02. The minimum atomic E-state index is -0.000406. The summed E-state index contributed by atoms with van der Waals surface area (Å²) in [6.45, 7) is 6.01. The summed E-state index contributed by atoms with van der Waals surface area (Å²) in [7, 11) is 0. The van der Waals surface area contributed by atoms with Gasteiger partial charge in [0, 0.05) is 75.0 Å². The van der Waals surface area contributed by atoms with Crippen molar-refractivity contribution in [3.8, 4) is 0 Å². The number of carbonyl (C=O) groups is 2. The smallest absolute Gasteiger partial charge is 0.254 e. The quantitative estimate of drug-likeness (QED) is 0.558. The molecule has 4 heterocycles. The number of aryl methyl sites for hydroxylation is 1. The van der Waals surface area contributed by atoms with Crippen molar-refractivity contribution in [1.82, 2.24) is 19.8 Å². The van der Waals surface area contributed by atoms with Gasteiger partial charge < -0.3 is 9.80 Å². The van der Waals surface area contributed by atoms with Gasteiger partial charge in [0.2, 0.25) is 5.91 Å². The summed E-state index contributed by atoms with van der Waals surface area (Å²) in [4.78, 5) is 41.8. The van der Waals surface area contributed by atoms with Crippen LogP contribution < -0.4 is 4.90 Å². The van der Waals surface area contributed by atoms with E-state index in [2.05, 4.69) is 20.9 Å². The van der Waals surface area contributed by atoms with E-state index in [9.17, 15) is 9.59 Å². The Morgan fingerprint density at radius 1 is 0.972 bits per heavy atom. The van der Waals surface area contributed by atoms with Crippen LogP contribution in [0.2, 0.25) is 0 Å². The fraction of sp³-hybridized carbons (Fsp3) is 0.379. The molecule has 2 atom stereocenters. The minimum Gasteiger partial charge on any atom is -0.333 e. The third-order valence-corrected chi connectivity index (χ3v) is 7.52. The van der Waals surface area contributed by atoms with Gasteiger partial charge in [0.1, 0.15) is 0 Å². The summed E-state index contributed by atoms with van der Waals surface area (Å²) >= 11 is 0. The lowest BCUT2D eigenvalue weighted by atomic mass is 10.1. The maximum absolute atomic E-state index is 13.9. The van der Waals surface area contributed by atoms with E-state index < -0.39 is 0 Å². The predicted octanol–water partition coefficient (Wildman–Crippen LogP) is 4.22. The van der Waals surface area contributed by atoms with Crippen molar-refractivity contribution in [3.05, 3.63) is 89.5 Å². The average Bonchev–Trinajstić information content (AvgIpc) is 3.24. The molecule has 2 aliphatic heterocycles. The van der Waals surface area contributed by atoms with Gasteiger partial charge in [0.15, 0.2) is 0 Å². The van der Waals surface area contributed by atoms with Crippen molar-refractivity contribution >= 4 is 17.5 Å². The van der Waals surface area contributed by atoms with Gasteiger partial charge in [-0.2, -0.15) is 0 Å². The monoisotopic (exact) mass is 483 g/mol. The van der Waals surface area contributed by atoms with Crippen molar-refractivity contribution in [3.63, 3.8) is 0 Å². The maximum atomic E-state index is 13.9. The van der Waals surface area contributed by atoms with E-state index in [0.29, 0.717) is 31.2 Å². The number of carbonyl (C=O) groups excluding carboxylic acids is 2. The average molecular weight is 484 g/mol. The van der Waals surface area contributed by atoms with E-state index in [-0.39, 0.29) is 17.9 Å². The molecule has 0 N–H and O–H groups in total. The Bertz CT molecular complexity index is 1230. The second-order valence-corrected chi connectivity index (χ2v) is 9.84. The molecule has 1 aromatic carbocycles. The molecule has 0 unspecified atom stereocenters. The van der Waals surface area contributed by atoms with Crippen LogP contribution in [0.4, 0.5) is 5.69 Å². The molecule has 36 heavy (non-hydrogen) atoms. The van der Waals surface area contributed by atoms with E-state index in [4.69, 9.17) is 0 Å². The molecular weight excluding hydrogens is 450 g/mol. The van der Waals surface area contributed by atoms with E-state index in [1.54, 1.807) is 25.4 Å². The number of amides is 2. The molecule has 186 valence electrons. The molecule has 0 aliphatic carbocycles. The molecule has 7 heteroatoms. The lowest BCUT2D eigenvalue weighted by molar-refractivity contribution is -0.116. The van der Waals surface area contributed by atoms with Gasteiger partial charge in [0.25, 0.3) is 5.91 Å². The summed E-state index contributed by atoms with van der Waals surface area (Å²) in [5, 5.41) is 0. The second-order valence-electron chi connectivity index (χ2n) is 9.84. The first-order valence-electron chi connectivity index (χ1n) is 12.7. The Morgan fingerprint density at radius 3 is 2.56 bits per heavy atom. The van der Waals surface area contributed by atoms with Crippen LogP contribution in [0, 0.1) is 6.92 Å². The Morgan fingerprint density at radius 2 is 1.78 bits per heavy atom. The van der Waals surface area contributed by atoms with Crippen LogP contribution in [0.5, 0.6) is 0 Å². The molecule has 7 nitrogen and oxygen atoms in total. The molecule has 3 aromatic rings. The van der Waals surface area contributed by atoms with Crippen LogP contribution in [0.15, 0.2) is 67.1 Å². The lowest BCUT2D eigenvalue weighted by Crippen LogP contribution is -2.45. The highest BCUT2D eigenvalue weighted by Crippen LogP contribution is 2.33. The highest BCUT2D eigenvalue weighted by atomic mass is 16.2. The van der Waals surface area contributed by atoms with E-state index in [0.717, 1.165) is 48.3 Å². The van der Waals surface area contributed by atoms with Crippen molar-refractivity contribution in [2.75, 3.05) is 18.0 Å². The number of fused-ring (bicyclic) bond motifs is 3. The van der Waals surface area contributed by atoms with Crippen molar-refractivity contribution in [1.29, 1.82) is 0 Å². The molecule has 2 aliphatic rings. The Kier molecular flexibility index (Phi) is 7.09. The first-order chi connectivity index (χ1) is 17.5. The third-order valence-electron chi connectivity index (χ3n) is 7.52. The van der Waals surface area contributed by atoms with Crippen molar-refractivity contribution in [2.45, 2.75) is 58.3 Å². The standard InChI is InChI=1S/C29H33N5O2/c1-21-17-30-15-12-27(21)29(36)32-18-23-7-3-4-9-28(23)33(22(2)35)16-13-25-10-11-26(20-32)34(25)19-24-8-5-6-14-31-24/h3-9,12,14-15,17,25-26H,10-11,13,16,18-20H2,1-2H3/t25-,26+/m0/s1. The summed E-state index contributed by atoms with van der Waals surface area (Å²) in [5.74, 6) is 0.0231. The van der Waals surface area contributed by atoms with Gasteiger partial charge in [-0.25, -0.2) is 0 Å². The highest BCUT2D eigenvalue weighted by molar-refractivity contribution is 5.96. The van der Waals surface area contributed by atoms with Gasteiger partial charge >= 0.3 is 0 Å². The van der Waals surface area contributed by atoms with Gasteiger partial charge in [-0.3, -0.25) is 24.5 Å². The zero-order valence-corrected chi connectivity index (χ0v) is 21.0. The first-order valence-corrected chi connectivity index (χ1v) is 12.7. The van der Waals surface area contributed by atoms with Crippen molar-refractivity contribution in [2.24, 2.45) is 0 Å². The zero-order valence-electron chi connectivity index (χ0n) is 21.0. The Hall–Kier alpha value is -3.58. The van der Waals surface area contributed by atoms with Crippen LogP contribution in [0.1, 0.15) is 53.4 Å². The molecule has 2 amide bonds. The molecule has 0 saturated carbocycles. The predicted molar refractivity (Wildman–Crippen MR) is 139 cm³/mol. The van der Waals surface area contributed by atoms with Crippen LogP contribution >= 0.6 is 0 Å². The van der Waals surface area contributed by atoms with Crippen LogP contribution in [-0.4, -0.2) is 56.8 Å². The number of para-hydroxylation sites is 1. The van der Waals surface area contributed by atoms with Crippen molar-refractivity contribution < 1.29 is 9.59 Å².